The predicted molar refractivity (Wildman–Crippen MR) is 77.9 cm³/mol. The van der Waals surface area contributed by atoms with Gasteiger partial charge in [-0.1, -0.05) is 6.07 Å². The summed E-state index contributed by atoms with van der Waals surface area (Å²) >= 11 is 0. The zero-order chi connectivity index (χ0) is 13.8. The standard InChI is InChI=1S/C15H19N3O/c1-11(16)15-8-7-13(10-17-15)18(2)12-5-4-6-14(9-12)19-3/h4-11H,16H2,1-3H3. The largest absolute Gasteiger partial charge is 0.497 e. The zero-order valence-electron chi connectivity index (χ0n) is 11.5. The highest BCUT2D eigenvalue weighted by Crippen LogP contribution is 2.26. The molecule has 0 aliphatic rings. The van der Waals surface area contributed by atoms with E-state index >= 15 is 0 Å². The first-order valence-corrected chi connectivity index (χ1v) is 6.21. The Labute approximate surface area is 113 Å². The number of benzene rings is 1. The normalized spacial score (nSPS) is 12.0. The highest BCUT2D eigenvalue weighted by atomic mass is 16.5. The van der Waals surface area contributed by atoms with Crippen LogP contribution in [0, 0.1) is 0 Å². The molecule has 2 N–H and O–H groups in total. The third-order valence-electron chi connectivity index (χ3n) is 3.07. The minimum Gasteiger partial charge on any atom is -0.497 e. The number of nitrogens with zero attached hydrogens (tertiary/aromatic N) is 2. The molecule has 1 aromatic carbocycles. The van der Waals surface area contributed by atoms with Crippen LogP contribution < -0.4 is 15.4 Å². The minimum atomic E-state index is -0.0452. The molecule has 1 atom stereocenters. The van der Waals surface area contributed by atoms with Gasteiger partial charge in [0.2, 0.25) is 0 Å². The molecular formula is C15H19N3O. The van der Waals surface area contributed by atoms with Crippen molar-refractivity contribution in [2.45, 2.75) is 13.0 Å². The van der Waals surface area contributed by atoms with Gasteiger partial charge in [0, 0.05) is 24.8 Å². The molecule has 19 heavy (non-hydrogen) atoms. The number of aromatic nitrogens is 1. The molecule has 100 valence electrons. The van der Waals surface area contributed by atoms with Crippen molar-refractivity contribution in [2.24, 2.45) is 5.73 Å². The van der Waals surface area contributed by atoms with Crippen LogP contribution in [-0.4, -0.2) is 19.1 Å². The quantitative estimate of drug-likeness (QED) is 0.915. The Hall–Kier alpha value is -2.07. The van der Waals surface area contributed by atoms with Crippen molar-refractivity contribution in [3.63, 3.8) is 0 Å². The summed E-state index contributed by atoms with van der Waals surface area (Å²) in [5.74, 6) is 0.838. The topological polar surface area (TPSA) is 51.4 Å². The van der Waals surface area contributed by atoms with Gasteiger partial charge in [0.05, 0.1) is 24.7 Å². The van der Waals surface area contributed by atoms with Gasteiger partial charge < -0.3 is 15.4 Å². The molecule has 0 amide bonds. The molecule has 2 rings (SSSR count). The monoisotopic (exact) mass is 257 g/mol. The van der Waals surface area contributed by atoms with Crippen LogP contribution in [0.25, 0.3) is 0 Å². The summed E-state index contributed by atoms with van der Waals surface area (Å²) in [4.78, 5) is 6.43. The van der Waals surface area contributed by atoms with E-state index in [9.17, 15) is 0 Å². The van der Waals surface area contributed by atoms with Crippen molar-refractivity contribution < 1.29 is 4.74 Å². The van der Waals surface area contributed by atoms with Crippen LogP contribution in [0.2, 0.25) is 0 Å². The van der Waals surface area contributed by atoms with E-state index in [4.69, 9.17) is 10.5 Å². The lowest BCUT2D eigenvalue weighted by Crippen LogP contribution is -2.11. The number of hydrogen-bond acceptors (Lipinski definition) is 4. The van der Waals surface area contributed by atoms with E-state index in [-0.39, 0.29) is 6.04 Å². The second kappa shape index (κ2) is 5.71. The van der Waals surface area contributed by atoms with Crippen molar-refractivity contribution in [1.29, 1.82) is 0 Å². The first-order chi connectivity index (χ1) is 9.11. The summed E-state index contributed by atoms with van der Waals surface area (Å²) < 4.78 is 5.23. The highest BCUT2D eigenvalue weighted by Gasteiger charge is 2.07. The second-order valence-corrected chi connectivity index (χ2v) is 4.49. The van der Waals surface area contributed by atoms with E-state index in [0.717, 1.165) is 22.8 Å². The van der Waals surface area contributed by atoms with Crippen LogP contribution in [-0.2, 0) is 0 Å². The van der Waals surface area contributed by atoms with Gasteiger partial charge in [0.15, 0.2) is 0 Å². The molecule has 1 aromatic heterocycles. The fourth-order valence-corrected chi connectivity index (χ4v) is 1.83. The van der Waals surface area contributed by atoms with Gasteiger partial charge in [0.25, 0.3) is 0 Å². The van der Waals surface area contributed by atoms with E-state index in [1.807, 2.05) is 56.6 Å². The van der Waals surface area contributed by atoms with Gasteiger partial charge in [-0.05, 0) is 31.2 Å². The molecule has 0 spiro atoms. The van der Waals surface area contributed by atoms with Crippen LogP contribution >= 0.6 is 0 Å². The van der Waals surface area contributed by atoms with Gasteiger partial charge in [-0.2, -0.15) is 0 Å². The summed E-state index contributed by atoms with van der Waals surface area (Å²) in [5.41, 5.74) is 8.75. The number of rotatable bonds is 4. The molecule has 0 bridgehead atoms. The molecule has 0 radical (unpaired) electrons. The molecule has 1 heterocycles. The first-order valence-electron chi connectivity index (χ1n) is 6.21. The summed E-state index contributed by atoms with van der Waals surface area (Å²) in [6, 6.07) is 11.8. The Morgan fingerprint density at radius 2 is 2.00 bits per heavy atom. The van der Waals surface area contributed by atoms with Crippen molar-refractivity contribution in [3.8, 4) is 5.75 Å². The number of nitrogens with two attached hydrogens (primary N) is 1. The van der Waals surface area contributed by atoms with Crippen LogP contribution in [0.1, 0.15) is 18.7 Å². The average Bonchev–Trinajstić information content (AvgIpc) is 2.46. The number of hydrogen-bond donors (Lipinski definition) is 1. The smallest absolute Gasteiger partial charge is 0.120 e. The molecule has 0 aliphatic heterocycles. The predicted octanol–water partition coefficient (Wildman–Crippen LogP) is 2.88. The fourth-order valence-electron chi connectivity index (χ4n) is 1.83. The second-order valence-electron chi connectivity index (χ2n) is 4.49. The Bertz CT molecular complexity index is 537. The summed E-state index contributed by atoms with van der Waals surface area (Å²) in [6.45, 7) is 1.92. The summed E-state index contributed by atoms with van der Waals surface area (Å²) in [5, 5.41) is 0. The Balaban J connectivity index is 2.25. The van der Waals surface area contributed by atoms with Gasteiger partial charge in [-0.25, -0.2) is 0 Å². The van der Waals surface area contributed by atoms with Crippen LogP contribution in [0.3, 0.4) is 0 Å². The van der Waals surface area contributed by atoms with E-state index in [2.05, 4.69) is 9.88 Å². The van der Waals surface area contributed by atoms with E-state index in [1.54, 1.807) is 7.11 Å². The lowest BCUT2D eigenvalue weighted by atomic mass is 10.2. The molecule has 0 saturated heterocycles. The molecule has 4 nitrogen and oxygen atoms in total. The molecule has 0 fully saturated rings. The maximum absolute atomic E-state index is 5.80. The number of pyridine rings is 1. The molecule has 4 heteroatoms. The Kier molecular flexibility index (Phi) is 4.02. The SMILES string of the molecule is COc1cccc(N(C)c2ccc(C(C)N)nc2)c1. The van der Waals surface area contributed by atoms with E-state index in [0.29, 0.717) is 0 Å². The fraction of sp³-hybridized carbons (Fsp3) is 0.267. The van der Waals surface area contributed by atoms with E-state index in [1.165, 1.54) is 0 Å². The highest BCUT2D eigenvalue weighted by molar-refractivity contribution is 5.63. The third kappa shape index (κ3) is 3.03. The van der Waals surface area contributed by atoms with Gasteiger partial charge in [-0.15, -0.1) is 0 Å². The van der Waals surface area contributed by atoms with Crippen molar-refractivity contribution in [3.05, 3.63) is 48.3 Å². The zero-order valence-corrected chi connectivity index (χ0v) is 11.5. The van der Waals surface area contributed by atoms with Crippen LogP contribution in [0.4, 0.5) is 11.4 Å². The maximum Gasteiger partial charge on any atom is 0.120 e. The molecule has 1 unspecified atom stereocenters. The number of anilines is 2. The third-order valence-corrected chi connectivity index (χ3v) is 3.07. The molecule has 2 aromatic rings. The lowest BCUT2D eigenvalue weighted by molar-refractivity contribution is 0.415. The Morgan fingerprint density at radius 1 is 1.21 bits per heavy atom. The average molecular weight is 257 g/mol. The first kappa shape index (κ1) is 13.4. The minimum absolute atomic E-state index is 0.0452. The molecule has 0 aliphatic carbocycles. The van der Waals surface area contributed by atoms with Gasteiger partial charge in [0.1, 0.15) is 5.75 Å². The van der Waals surface area contributed by atoms with E-state index < -0.39 is 0 Å². The van der Waals surface area contributed by atoms with Crippen molar-refractivity contribution in [1.82, 2.24) is 4.98 Å². The number of ether oxygens (including phenoxy) is 1. The summed E-state index contributed by atoms with van der Waals surface area (Å²) in [7, 11) is 3.66. The lowest BCUT2D eigenvalue weighted by Gasteiger charge is -2.20. The van der Waals surface area contributed by atoms with Crippen LogP contribution in [0.5, 0.6) is 5.75 Å². The number of methoxy groups -OCH3 is 1. The Morgan fingerprint density at radius 3 is 2.58 bits per heavy atom. The molecular weight excluding hydrogens is 238 g/mol. The van der Waals surface area contributed by atoms with Crippen molar-refractivity contribution in [2.75, 3.05) is 19.1 Å². The maximum atomic E-state index is 5.80. The van der Waals surface area contributed by atoms with Crippen LogP contribution in [0.15, 0.2) is 42.6 Å². The van der Waals surface area contributed by atoms with Crippen molar-refractivity contribution >= 4 is 11.4 Å². The van der Waals surface area contributed by atoms with Gasteiger partial charge in [-0.3, -0.25) is 4.98 Å². The summed E-state index contributed by atoms with van der Waals surface area (Å²) in [6.07, 6.45) is 1.83. The molecule has 0 saturated carbocycles. The van der Waals surface area contributed by atoms with Gasteiger partial charge >= 0.3 is 0 Å².